The van der Waals surface area contributed by atoms with Gasteiger partial charge in [0.2, 0.25) is 0 Å². The van der Waals surface area contributed by atoms with Gasteiger partial charge in [-0.2, -0.15) is 0 Å². The van der Waals surface area contributed by atoms with Crippen LogP contribution in [0.2, 0.25) is 0 Å². The lowest BCUT2D eigenvalue weighted by molar-refractivity contribution is -0.149. The summed E-state index contributed by atoms with van der Waals surface area (Å²) in [6.07, 6.45) is 1.75. The molecule has 100 valence electrons. The fourth-order valence-corrected chi connectivity index (χ4v) is 2.01. The summed E-state index contributed by atoms with van der Waals surface area (Å²) in [7, 11) is 0. The maximum Gasteiger partial charge on any atom is 0.309 e. The summed E-state index contributed by atoms with van der Waals surface area (Å²) in [5.74, 6) is 0.0215. The third-order valence-corrected chi connectivity index (χ3v) is 2.99. The van der Waals surface area contributed by atoms with Crippen LogP contribution in [0.4, 0.5) is 0 Å². The zero-order chi connectivity index (χ0) is 12.5. The second-order valence-corrected chi connectivity index (χ2v) is 4.20. The van der Waals surface area contributed by atoms with E-state index in [1.807, 2.05) is 6.92 Å². The molecule has 0 spiro atoms. The van der Waals surface area contributed by atoms with E-state index in [4.69, 9.17) is 14.6 Å². The molecule has 1 aliphatic heterocycles. The number of aliphatic hydroxyl groups is 1. The van der Waals surface area contributed by atoms with Crippen molar-refractivity contribution >= 4 is 5.97 Å². The first kappa shape index (κ1) is 14.4. The van der Waals surface area contributed by atoms with E-state index in [0.29, 0.717) is 19.8 Å². The van der Waals surface area contributed by atoms with Crippen molar-refractivity contribution in [2.75, 3.05) is 46.1 Å². The van der Waals surface area contributed by atoms with Crippen molar-refractivity contribution in [3.63, 3.8) is 0 Å². The standard InChI is InChI=1S/C12H23NO4/c1-2-17-12(15)11-3-5-13(6-4-11)7-9-16-10-8-14/h11,14H,2-10H2,1H3. The van der Waals surface area contributed by atoms with Gasteiger partial charge in [0.15, 0.2) is 0 Å². The average molecular weight is 245 g/mol. The highest BCUT2D eigenvalue weighted by Gasteiger charge is 2.25. The van der Waals surface area contributed by atoms with E-state index in [2.05, 4.69) is 4.90 Å². The van der Waals surface area contributed by atoms with Crippen molar-refractivity contribution in [3.05, 3.63) is 0 Å². The predicted octanol–water partition coefficient (Wildman–Crippen LogP) is 0.270. The van der Waals surface area contributed by atoms with Gasteiger partial charge in [0.1, 0.15) is 0 Å². The van der Waals surface area contributed by atoms with Crippen LogP contribution in [0.5, 0.6) is 0 Å². The number of likely N-dealkylation sites (tertiary alicyclic amines) is 1. The van der Waals surface area contributed by atoms with E-state index in [-0.39, 0.29) is 18.5 Å². The lowest BCUT2D eigenvalue weighted by Crippen LogP contribution is -2.38. The van der Waals surface area contributed by atoms with Crippen LogP contribution < -0.4 is 0 Å². The Morgan fingerprint density at radius 3 is 2.65 bits per heavy atom. The number of ether oxygens (including phenoxy) is 2. The molecule has 0 aromatic carbocycles. The van der Waals surface area contributed by atoms with Gasteiger partial charge >= 0.3 is 5.97 Å². The maximum atomic E-state index is 11.5. The second kappa shape index (κ2) is 8.44. The van der Waals surface area contributed by atoms with Crippen LogP contribution in [0.3, 0.4) is 0 Å². The summed E-state index contributed by atoms with van der Waals surface area (Å²) < 4.78 is 10.2. The van der Waals surface area contributed by atoms with Crippen molar-refractivity contribution in [1.29, 1.82) is 0 Å². The second-order valence-electron chi connectivity index (χ2n) is 4.20. The quantitative estimate of drug-likeness (QED) is 0.515. The van der Waals surface area contributed by atoms with Gasteiger partial charge in [-0.15, -0.1) is 0 Å². The number of hydrogen-bond acceptors (Lipinski definition) is 5. The molecule has 1 heterocycles. The molecule has 0 bridgehead atoms. The molecule has 17 heavy (non-hydrogen) atoms. The molecule has 0 atom stereocenters. The normalized spacial score (nSPS) is 18.2. The molecule has 0 aromatic heterocycles. The molecular weight excluding hydrogens is 222 g/mol. The molecule has 5 heteroatoms. The molecule has 1 rings (SSSR count). The van der Waals surface area contributed by atoms with Crippen molar-refractivity contribution < 1.29 is 19.4 Å². The van der Waals surface area contributed by atoms with Gasteiger partial charge in [0.05, 0.1) is 32.3 Å². The zero-order valence-corrected chi connectivity index (χ0v) is 10.6. The summed E-state index contributed by atoms with van der Waals surface area (Å²) in [5, 5.41) is 8.56. The lowest BCUT2D eigenvalue weighted by atomic mass is 9.97. The highest BCUT2D eigenvalue weighted by molar-refractivity contribution is 5.72. The Bertz CT molecular complexity index is 215. The van der Waals surface area contributed by atoms with Crippen LogP contribution in [0.15, 0.2) is 0 Å². The number of aliphatic hydroxyl groups excluding tert-OH is 1. The third kappa shape index (κ3) is 5.48. The van der Waals surface area contributed by atoms with Crippen LogP contribution in [-0.2, 0) is 14.3 Å². The summed E-state index contributed by atoms with van der Waals surface area (Å²) >= 11 is 0. The Morgan fingerprint density at radius 2 is 2.06 bits per heavy atom. The number of nitrogens with zero attached hydrogens (tertiary/aromatic N) is 1. The van der Waals surface area contributed by atoms with Gasteiger partial charge in [-0.25, -0.2) is 0 Å². The molecule has 0 saturated carbocycles. The van der Waals surface area contributed by atoms with Gasteiger partial charge in [-0.05, 0) is 32.9 Å². The zero-order valence-electron chi connectivity index (χ0n) is 10.6. The third-order valence-electron chi connectivity index (χ3n) is 2.99. The number of esters is 1. The van der Waals surface area contributed by atoms with Crippen LogP contribution in [0.1, 0.15) is 19.8 Å². The molecule has 1 fully saturated rings. The summed E-state index contributed by atoms with van der Waals surface area (Å²) in [6.45, 7) is 6.14. The first-order chi connectivity index (χ1) is 8.27. The molecule has 1 N–H and O–H groups in total. The van der Waals surface area contributed by atoms with Crippen LogP contribution in [0, 0.1) is 5.92 Å². The van der Waals surface area contributed by atoms with Crippen molar-refractivity contribution in [3.8, 4) is 0 Å². The monoisotopic (exact) mass is 245 g/mol. The first-order valence-corrected chi connectivity index (χ1v) is 6.35. The number of rotatable bonds is 7. The summed E-state index contributed by atoms with van der Waals surface area (Å²) in [4.78, 5) is 13.8. The minimum absolute atomic E-state index is 0.0521. The number of carbonyl (C=O) groups excluding carboxylic acids is 1. The van der Waals surface area contributed by atoms with Gasteiger partial charge in [0.25, 0.3) is 0 Å². The highest BCUT2D eigenvalue weighted by Crippen LogP contribution is 2.18. The van der Waals surface area contributed by atoms with Gasteiger partial charge in [-0.3, -0.25) is 4.79 Å². The summed E-state index contributed by atoms with van der Waals surface area (Å²) in [6, 6.07) is 0. The van der Waals surface area contributed by atoms with E-state index in [1.54, 1.807) is 0 Å². The van der Waals surface area contributed by atoms with Crippen LogP contribution >= 0.6 is 0 Å². The van der Waals surface area contributed by atoms with E-state index >= 15 is 0 Å². The van der Waals surface area contributed by atoms with Crippen LogP contribution in [0.25, 0.3) is 0 Å². The minimum atomic E-state index is -0.0521. The van der Waals surface area contributed by atoms with Gasteiger partial charge in [0, 0.05) is 6.54 Å². The SMILES string of the molecule is CCOC(=O)C1CCN(CCOCCO)CC1. The molecule has 0 aliphatic carbocycles. The summed E-state index contributed by atoms with van der Waals surface area (Å²) in [5.41, 5.74) is 0. The molecule has 5 nitrogen and oxygen atoms in total. The Hall–Kier alpha value is -0.650. The smallest absolute Gasteiger partial charge is 0.309 e. The van der Waals surface area contributed by atoms with E-state index in [9.17, 15) is 4.79 Å². The van der Waals surface area contributed by atoms with E-state index < -0.39 is 0 Å². The Balaban J connectivity index is 2.11. The topological polar surface area (TPSA) is 59.0 Å². The largest absolute Gasteiger partial charge is 0.466 e. The molecule has 1 aliphatic rings. The molecule has 0 amide bonds. The number of piperidine rings is 1. The molecule has 1 saturated heterocycles. The molecule has 0 aromatic rings. The lowest BCUT2D eigenvalue weighted by Gasteiger charge is -2.30. The maximum absolute atomic E-state index is 11.5. The van der Waals surface area contributed by atoms with E-state index in [1.165, 1.54) is 0 Å². The van der Waals surface area contributed by atoms with Crippen molar-refractivity contribution in [2.45, 2.75) is 19.8 Å². The van der Waals surface area contributed by atoms with Gasteiger partial charge < -0.3 is 19.5 Å². The predicted molar refractivity (Wildman–Crippen MR) is 63.7 cm³/mol. The van der Waals surface area contributed by atoms with E-state index in [0.717, 1.165) is 32.5 Å². The fourth-order valence-electron chi connectivity index (χ4n) is 2.01. The van der Waals surface area contributed by atoms with Crippen molar-refractivity contribution in [2.24, 2.45) is 5.92 Å². The Labute approximate surface area is 103 Å². The molecular formula is C12H23NO4. The highest BCUT2D eigenvalue weighted by atomic mass is 16.5. The van der Waals surface area contributed by atoms with Crippen molar-refractivity contribution in [1.82, 2.24) is 4.90 Å². The van der Waals surface area contributed by atoms with Crippen LogP contribution in [-0.4, -0.2) is 62.0 Å². The number of carbonyl (C=O) groups is 1. The van der Waals surface area contributed by atoms with Gasteiger partial charge in [-0.1, -0.05) is 0 Å². The Morgan fingerprint density at radius 1 is 1.35 bits per heavy atom. The number of hydrogen-bond donors (Lipinski definition) is 1. The molecule has 0 radical (unpaired) electrons. The Kier molecular flexibility index (Phi) is 7.16. The minimum Gasteiger partial charge on any atom is -0.466 e. The first-order valence-electron chi connectivity index (χ1n) is 6.35. The average Bonchev–Trinajstić information content (AvgIpc) is 2.36. The molecule has 0 unspecified atom stereocenters. The fraction of sp³-hybridized carbons (Fsp3) is 0.917.